The Morgan fingerprint density at radius 1 is 0.464 bits per heavy atom. The Hall–Kier alpha value is -6.38. The molecule has 56 heavy (non-hydrogen) atoms. The summed E-state index contributed by atoms with van der Waals surface area (Å²) in [4.78, 5) is 9.76. The number of allylic oxidation sites excluding steroid dienone is 4. The third-order valence-electron chi connectivity index (χ3n) is 13.1. The number of aromatic nitrogens is 2. The smallest absolute Gasteiger partial charge is 0.0794 e. The van der Waals surface area contributed by atoms with Crippen molar-refractivity contribution in [1.29, 1.82) is 0 Å². The van der Waals surface area contributed by atoms with Crippen LogP contribution in [0.2, 0.25) is 0 Å². The van der Waals surface area contributed by atoms with Crippen LogP contribution in [0.4, 0.5) is 0 Å². The predicted octanol–water partition coefficient (Wildman–Crippen LogP) is 14.2. The minimum absolute atomic E-state index is 0.0568. The molecule has 268 valence electrons. The van der Waals surface area contributed by atoms with E-state index in [2.05, 4.69) is 178 Å². The van der Waals surface area contributed by atoms with Gasteiger partial charge in [-0.05, 0) is 133 Å². The molecule has 0 spiro atoms. The molecule has 0 saturated carbocycles. The van der Waals surface area contributed by atoms with Crippen LogP contribution in [0, 0.1) is 0 Å². The molecule has 0 bridgehead atoms. The zero-order valence-corrected chi connectivity index (χ0v) is 32.3. The zero-order valence-electron chi connectivity index (χ0n) is 32.3. The maximum absolute atomic E-state index is 5.54. The van der Waals surface area contributed by atoms with Crippen LogP contribution in [-0.2, 0) is 10.8 Å². The number of hydrogen-bond donors (Lipinski definition) is 0. The van der Waals surface area contributed by atoms with E-state index in [1.165, 1.54) is 88.5 Å². The van der Waals surface area contributed by atoms with Gasteiger partial charge >= 0.3 is 0 Å². The van der Waals surface area contributed by atoms with Crippen LogP contribution in [0.1, 0.15) is 62.8 Å². The number of rotatable bonds is 4. The predicted molar refractivity (Wildman–Crippen MR) is 235 cm³/mol. The molecule has 11 rings (SSSR count). The third-order valence-corrected chi connectivity index (χ3v) is 13.1. The van der Waals surface area contributed by atoms with Gasteiger partial charge in [-0.3, -0.25) is 4.98 Å². The van der Waals surface area contributed by atoms with Crippen LogP contribution in [0.5, 0.6) is 0 Å². The van der Waals surface area contributed by atoms with Gasteiger partial charge < -0.3 is 0 Å². The second-order valence-electron chi connectivity index (χ2n) is 16.9. The summed E-state index contributed by atoms with van der Waals surface area (Å²) in [5.41, 5.74) is 21.5. The van der Waals surface area contributed by atoms with E-state index in [9.17, 15) is 0 Å². The molecule has 0 aliphatic heterocycles. The summed E-state index contributed by atoms with van der Waals surface area (Å²) in [6.07, 6.45) is 10.6. The van der Waals surface area contributed by atoms with Crippen molar-refractivity contribution >= 4 is 27.2 Å². The van der Waals surface area contributed by atoms with Crippen LogP contribution >= 0.6 is 0 Å². The van der Waals surface area contributed by atoms with E-state index >= 15 is 0 Å². The van der Waals surface area contributed by atoms with Gasteiger partial charge in [-0.25, -0.2) is 4.98 Å². The third kappa shape index (κ3) is 4.81. The quantitative estimate of drug-likeness (QED) is 0.169. The van der Waals surface area contributed by atoms with Gasteiger partial charge in [-0.2, -0.15) is 0 Å². The molecule has 0 amide bonds. The largest absolute Gasteiger partial charge is 0.265 e. The van der Waals surface area contributed by atoms with E-state index in [1.807, 2.05) is 12.4 Å². The zero-order chi connectivity index (χ0) is 37.8. The molecule has 3 aliphatic rings. The molecule has 0 fully saturated rings. The maximum Gasteiger partial charge on any atom is 0.0794 e. The molecule has 2 heteroatoms. The summed E-state index contributed by atoms with van der Waals surface area (Å²) in [6.45, 7) is 9.52. The first kappa shape index (κ1) is 33.0. The van der Waals surface area contributed by atoms with Crippen molar-refractivity contribution in [2.45, 2.75) is 51.4 Å². The SMILES string of the molecule is CC1(C)C2=C(CCC=C2)c2ccc(-c3cc(-c4ccc(-c5ccncc5)cc4)nc4c3cc(-c3ccc5c(c3)C(C)(C)c3ccccc3-5)c3ccccc34)cc21. The molecule has 0 saturated heterocycles. The van der Waals surface area contributed by atoms with Crippen LogP contribution in [-0.4, -0.2) is 9.97 Å². The monoisotopic (exact) mass is 718 g/mol. The molecule has 0 atom stereocenters. The Kier molecular flexibility index (Phi) is 7.11. The molecular weight excluding hydrogens is 677 g/mol. The molecule has 0 unspecified atom stereocenters. The number of nitrogens with zero attached hydrogens (tertiary/aromatic N) is 2. The van der Waals surface area contributed by atoms with Crippen LogP contribution in [0.3, 0.4) is 0 Å². The van der Waals surface area contributed by atoms with Crippen molar-refractivity contribution in [3.05, 3.63) is 186 Å². The van der Waals surface area contributed by atoms with Gasteiger partial charge in [-0.15, -0.1) is 0 Å². The Morgan fingerprint density at radius 3 is 1.86 bits per heavy atom. The van der Waals surface area contributed by atoms with Gasteiger partial charge in [0.2, 0.25) is 0 Å². The highest BCUT2D eigenvalue weighted by Gasteiger charge is 2.38. The summed E-state index contributed by atoms with van der Waals surface area (Å²) >= 11 is 0. The van der Waals surface area contributed by atoms with E-state index in [4.69, 9.17) is 4.98 Å². The number of fused-ring (bicyclic) bond motifs is 8. The minimum atomic E-state index is -0.0806. The fraction of sp³-hybridized carbons (Fsp3) is 0.148. The lowest BCUT2D eigenvalue weighted by Crippen LogP contribution is -2.16. The first-order valence-electron chi connectivity index (χ1n) is 19.9. The summed E-state index contributed by atoms with van der Waals surface area (Å²) in [5, 5.41) is 3.56. The second-order valence-corrected chi connectivity index (χ2v) is 16.9. The van der Waals surface area contributed by atoms with Crippen molar-refractivity contribution in [1.82, 2.24) is 9.97 Å². The average molecular weight is 719 g/mol. The number of pyridine rings is 2. The minimum Gasteiger partial charge on any atom is -0.265 e. The van der Waals surface area contributed by atoms with Gasteiger partial charge in [0.25, 0.3) is 0 Å². The van der Waals surface area contributed by atoms with Gasteiger partial charge in [0.05, 0.1) is 11.2 Å². The van der Waals surface area contributed by atoms with E-state index in [-0.39, 0.29) is 10.8 Å². The number of benzene rings is 6. The molecule has 0 radical (unpaired) electrons. The topological polar surface area (TPSA) is 25.8 Å². The molecule has 6 aromatic carbocycles. The molecular formula is C54H42N2. The van der Waals surface area contributed by atoms with Crippen molar-refractivity contribution < 1.29 is 0 Å². The molecule has 2 nitrogen and oxygen atoms in total. The fourth-order valence-electron chi connectivity index (χ4n) is 10.1. The van der Waals surface area contributed by atoms with Crippen molar-refractivity contribution in [2.24, 2.45) is 0 Å². The fourth-order valence-corrected chi connectivity index (χ4v) is 10.1. The van der Waals surface area contributed by atoms with Crippen LogP contribution < -0.4 is 0 Å². The van der Waals surface area contributed by atoms with Crippen molar-refractivity contribution in [2.75, 3.05) is 0 Å². The first-order chi connectivity index (χ1) is 27.3. The summed E-state index contributed by atoms with van der Waals surface area (Å²) in [7, 11) is 0. The number of hydrogen-bond acceptors (Lipinski definition) is 2. The van der Waals surface area contributed by atoms with E-state index in [1.54, 1.807) is 0 Å². The summed E-state index contributed by atoms with van der Waals surface area (Å²) < 4.78 is 0. The van der Waals surface area contributed by atoms with Crippen molar-refractivity contribution in [3.8, 4) is 55.8 Å². The molecule has 2 heterocycles. The standard InChI is InChI=1S/C54H42N2/c1-53(2)47-15-9-7-12-39(47)41-23-21-36(29-49(41)53)44-31-46-45(37-22-24-42-40-13-8-10-16-48(40)54(3,4)50(42)30-37)32-51(56-52(46)43-14-6-5-11-38(43)44)35-19-17-33(18-20-35)34-25-27-55-28-26-34/h5-7,9-12,14-32H,8,13H2,1-4H3. The lowest BCUT2D eigenvalue weighted by molar-refractivity contribution is 0.651. The van der Waals surface area contributed by atoms with E-state index < -0.39 is 0 Å². The average Bonchev–Trinajstić information content (AvgIpc) is 3.62. The lowest BCUT2D eigenvalue weighted by Gasteiger charge is -2.24. The summed E-state index contributed by atoms with van der Waals surface area (Å²) in [5.74, 6) is 0. The second kappa shape index (κ2) is 12.1. The highest BCUT2D eigenvalue weighted by Crippen LogP contribution is 2.53. The molecule has 0 N–H and O–H groups in total. The Labute approximate surface area is 329 Å². The van der Waals surface area contributed by atoms with Crippen molar-refractivity contribution in [3.63, 3.8) is 0 Å². The van der Waals surface area contributed by atoms with Gasteiger partial charge in [0.1, 0.15) is 0 Å². The molecule has 8 aromatic rings. The Morgan fingerprint density at radius 2 is 1.07 bits per heavy atom. The van der Waals surface area contributed by atoms with Crippen LogP contribution in [0.25, 0.3) is 83.0 Å². The molecule has 3 aliphatic carbocycles. The maximum atomic E-state index is 5.54. The first-order valence-corrected chi connectivity index (χ1v) is 19.9. The van der Waals surface area contributed by atoms with Gasteiger partial charge in [-0.1, -0.05) is 137 Å². The highest BCUT2D eigenvalue weighted by molar-refractivity contribution is 6.16. The Balaban J connectivity index is 1.15. The summed E-state index contributed by atoms with van der Waals surface area (Å²) in [6, 6.07) is 49.8. The highest BCUT2D eigenvalue weighted by atomic mass is 14.7. The normalized spacial score (nSPS) is 15.9. The Bertz CT molecular complexity index is 3000. The molecule has 2 aromatic heterocycles. The van der Waals surface area contributed by atoms with E-state index in [0.717, 1.165) is 35.2 Å². The van der Waals surface area contributed by atoms with E-state index in [0.29, 0.717) is 0 Å². The van der Waals surface area contributed by atoms with Gasteiger partial charge in [0.15, 0.2) is 0 Å². The lowest BCUT2D eigenvalue weighted by atomic mass is 9.79. The van der Waals surface area contributed by atoms with Gasteiger partial charge in [0, 0.05) is 39.6 Å². The van der Waals surface area contributed by atoms with Crippen LogP contribution in [0.15, 0.2) is 164 Å².